The van der Waals surface area contributed by atoms with E-state index in [2.05, 4.69) is 194 Å². The SMILES string of the molecule is CC12C(=CC=CC1c1nc(-c3ccccc3)nc(-c3ccccc3)n1)N(c1cccc(-c3ccc4c5ccccc5c5ccccc5c4c3)c1)c1ccc(-c3ccccc3)cc12. The predicted octanol–water partition coefficient (Wildman–Crippen LogP) is 14.6. The Bertz CT molecular complexity index is 3340. The third-order valence-corrected chi connectivity index (χ3v) is 13.0. The maximum absolute atomic E-state index is 5.31. The zero-order chi connectivity index (χ0) is 41.2. The summed E-state index contributed by atoms with van der Waals surface area (Å²) in [4.78, 5) is 18.1. The molecule has 2 aliphatic rings. The first-order valence-corrected chi connectivity index (χ1v) is 21.3. The van der Waals surface area contributed by atoms with Crippen LogP contribution < -0.4 is 4.90 Å². The molecule has 12 rings (SSSR count). The van der Waals surface area contributed by atoms with Crippen LogP contribution >= 0.6 is 0 Å². The topological polar surface area (TPSA) is 41.9 Å². The summed E-state index contributed by atoms with van der Waals surface area (Å²) in [5.41, 5.74) is 10.8. The first kappa shape index (κ1) is 35.9. The quantitative estimate of drug-likeness (QED) is 0.157. The van der Waals surface area contributed by atoms with Gasteiger partial charge < -0.3 is 4.90 Å². The van der Waals surface area contributed by atoms with Crippen LogP contribution in [0.1, 0.15) is 24.2 Å². The lowest BCUT2D eigenvalue weighted by molar-refractivity contribution is 0.487. The molecule has 1 aliphatic heterocycles. The first-order valence-electron chi connectivity index (χ1n) is 21.3. The van der Waals surface area contributed by atoms with Crippen molar-refractivity contribution in [2.24, 2.45) is 0 Å². The Kier molecular flexibility index (Phi) is 8.32. The van der Waals surface area contributed by atoms with Gasteiger partial charge >= 0.3 is 0 Å². The van der Waals surface area contributed by atoms with Crippen molar-refractivity contribution in [3.63, 3.8) is 0 Å². The van der Waals surface area contributed by atoms with Gasteiger partial charge in [-0.2, -0.15) is 0 Å². The molecule has 0 amide bonds. The fourth-order valence-electron chi connectivity index (χ4n) is 9.98. The molecule has 4 heteroatoms. The van der Waals surface area contributed by atoms with Gasteiger partial charge in [-0.15, -0.1) is 0 Å². The predicted molar refractivity (Wildman–Crippen MR) is 256 cm³/mol. The van der Waals surface area contributed by atoms with E-state index in [1.165, 1.54) is 65.8 Å². The highest BCUT2D eigenvalue weighted by molar-refractivity contribution is 6.25. The molecule has 10 aromatic rings. The lowest BCUT2D eigenvalue weighted by Crippen LogP contribution is -2.35. The molecule has 4 nitrogen and oxygen atoms in total. The van der Waals surface area contributed by atoms with Crippen LogP contribution in [0, 0.1) is 0 Å². The summed E-state index contributed by atoms with van der Waals surface area (Å²) in [6.45, 7) is 2.37. The van der Waals surface area contributed by atoms with Crippen molar-refractivity contribution in [1.29, 1.82) is 0 Å². The van der Waals surface area contributed by atoms with Gasteiger partial charge in [0.25, 0.3) is 0 Å². The van der Waals surface area contributed by atoms with Gasteiger partial charge in [-0.25, -0.2) is 15.0 Å². The van der Waals surface area contributed by atoms with Gasteiger partial charge in [0, 0.05) is 27.9 Å². The number of anilines is 2. The van der Waals surface area contributed by atoms with E-state index in [0.717, 1.165) is 28.3 Å². The van der Waals surface area contributed by atoms with Crippen molar-refractivity contribution in [2.45, 2.75) is 18.3 Å². The molecule has 0 fully saturated rings. The van der Waals surface area contributed by atoms with Crippen molar-refractivity contribution in [3.05, 3.63) is 236 Å². The molecule has 0 radical (unpaired) electrons. The molecule has 62 heavy (non-hydrogen) atoms. The second-order valence-electron chi connectivity index (χ2n) is 16.5. The lowest BCUT2D eigenvalue weighted by atomic mass is 9.68. The Balaban J connectivity index is 1.03. The van der Waals surface area contributed by atoms with E-state index in [4.69, 9.17) is 15.0 Å². The maximum atomic E-state index is 5.31. The molecular weight excluding hydrogens is 753 g/mol. The van der Waals surface area contributed by atoms with E-state index in [1.807, 2.05) is 36.4 Å². The van der Waals surface area contributed by atoms with Crippen LogP contribution in [0.5, 0.6) is 0 Å². The Hall–Kier alpha value is -7.95. The van der Waals surface area contributed by atoms with Crippen LogP contribution in [0.4, 0.5) is 11.4 Å². The third-order valence-electron chi connectivity index (χ3n) is 13.0. The summed E-state index contributed by atoms with van der Waals surface area (Å²) in [5, 5.41) is 7.65. The molecule has 1 aromatic heterocycles. The Labute approximate surface area is 360 Å². The lowest BCUT2D eigenvalue weighted by Gasteiger charge is -2.37. The number of fused-ring (bicyclic) bond motifs is 9. The molecule has 2 heterocycles. The summed E-state index contributed by atoms with van der Waals surface area (Å²) in [6.07, 6.45) is 6.76. The monoisotopic (exact) mass is 792 g/mol. The minimum atomic E-state index is -0.531. The fraction of sp³-hybridized carbons (Fsp3) is 0.0517. The smallest absolute Gasteiger partial charge is 0.163 e. The van der Waals surface area contributed by atoms with Crippen LogP contribution in [0.25, 0.3) is 77.3 Å². The minimum Gasteiger partial charge on any atom is -0.313 e. The van der Waals surface area contributed by atoms with E-state index in [0.29, 0.717) is 11.6 Å². The van der Waals surface area contributed by atoms with Crippen LogP contribution in [-0.4, -0.2) is 15.0 Å². The molecule has 0 N–H and O–H groups in total. The van der Waals surface area contributed by atoms with Gasteiger partial charge in [-0.1, -0.05) is 182 Å². The average molecular weight is 793 g/mol. The van der Waals surface area contributed by atoms with Crippen molar-refractivity contribution in [2.75, 3.05) is 4.90 Å². The number of hydrogen-bond donors (Lipinski definition) is 0. The average Bonchev–Trinajstić information content (AvgIpc) is 3.62. The number of rotatable bonds is 6. The number of benzene rings is 9. The molecule has 292 valence electrons. The van der Waals surface area contributed by atoms with Gasteiger partial charge in [-0.05, 0) is 103 Å². The second kappa shape index (κ2) is 14.4. The summed E-state index contributed by atoms with van der Waals surface area (Å²) in [6, 6.07) is 71.7. The van der Waals surface area contributed by atoms with Crippen LogP contribution in [-0.2, 0) is 5.41 Å². The maximum Gasteiger partial charge on any atom is 0.163 e. The zero-order valence-electron chi connectivity index (χ0n) is 34.2. The molecule has 0 bridgehead atoms. The molecule has 2 atom stereocenters. The standard InChI is InChI=1S/C58H40N4/c1-58-51(57-60-55(39-19-7-3-8-20-39)59-56(61-57)40-21-9-4-10-22-40)29-16-30-54(58)62(53-34-32-43(37-52(53)58)38-17-5-2-6-18-38)44-24-15-23-41(35-44)42-31-33-49-47-27-12-11-25-45(47)46-26-13-14-28-48(46)50(49)36-42/h2-37,51H,1H3. The summed E-state index contributed by atoms with van der Waals surface area (Å²) < 4.78 is 0. The van der Waals surface area contributed by atoms with E-state index < -0.39 is 5.41 Å². The Morgan fingerprint density at radius 2 is 0.919 bits per heavy atom. The highest BCUT2D eigenvalue weighted by Crippen LogP contribution is 2.59. The normalized spacial score (nSPS) is 16.7. The second-order valence-corrected chi connectivity index (χ2v) is 16.5. The molecule has 0 saturated carbocycles. The van der Waals surface area contributed by atoms with E-state index in [-0.39, 0.29) is 5.92 Å². The Morgan fingerprint density at radius 3 is 1.55 bits per heavy atom. The number of hydrogen-bond acceptors (Lipinski definition) is 4. The van der Waals surface area contributed by atoms with Gasteiger partial charge in [0.15, 0.2) is 11.6 Å². The summed E-state index contributed by atoms with van der Waals surface area (Å²) in [7, 11) is 0. The van der Waals surface area contributed by atoms with Gasteiger partial charge in [0.2, 0.25) is 0 Å². The number of allylic oxidation sites excluding steroid dienone is 4. The van der Waals surface area contributed by atoms with E-state index in [9.17, 15) is 0 Å². The first-order chi connectivity index (χ1) is 30.6. The molecule has 9 aromatic carbocycles. The largest absolute Gasteiger partial charge is 0.313 e. The van der Waals surface area contributed by atoms with Gasteiger partial charge in [0.05, 0.1) is 11.6 Å². The van der Waals surface area contributed by atoms with Gasteiger partial charge in [-0.3, -0.25) is 0 Å². The highest BCUT2D eigenvalue weighted by Gasteiger charge is 2.51. The molecular formula is C58H40N4. The van der Waals surface area contributed by atoms with E-state index in [1.54, 1.807) is 0 Å². The van der Waals surface area contributed by atoms with Crippen molar-refractivity contribution in [1.82, 2.24) is 15.0 Å². The Morgan fingerprint density at radius 1 is 0.419 bits per heavy atom. The fourth-order valence-corrected chi connectivity index (χ4v) is 9.98. The van der Waals surface area contributed by atoms with Crippen LogP contribution in [0.3, 0.4) is 0 Å². The zero-order valence-corrected chi connectivity index (χ0v) is 34.2. The minimum absolute atomic E-state index is 0.197. The molecule has 0 spiro atoms. The van der Waals surface area contributed by atoms with Crippen molar-refractivity contribution in [3.8, 4) is 45.0 Å². The number of nitrogens with zero attached hydrogens (tertiary/aromatic N) is 4. The van der Waals surface area contributed by atoms with Crippen molar-refractivity contribution >= 4 is 43.7 Å². The van der Waals surface area contributed by atoms with Crippen LogP contribution in [0.15, 0.2) is 224 Å². The highest BCUT2D eigenvalue weighted by atomic mass is 15.2. The van der Waals surface area contributed by atoms with Crippen LogP contribution in [0.2, 0.25) is 0 Å². The van der Waals surface area contributed by atoms with E-state index >= 15 is 0 Å². The molecule has 1 aliphatic carbocycles. The van der Waals surface area contributed by atoms with Crippen molar-refractivity contribution < 1.29 is 0 Å². The number of aromatic nitrogens is 3. The summed E-state index contributed by atoms with van der Waals surface area (Å²) in [5.74, 6) is 1.88. The molecule has 2 unspecified atom stereocenters. The van der Waals surface area contributed by atoms with Gasteiger partial charge in [0.1, 0.15) is 5.82 Å². The summed E-state index contributed by atoms with van der Waals surface area (Å²) >= 11 is 0. The molecule has 0 saturated heterocycles. The third kappa shape index (κ3) is 5.72.